The topological polar surface area (TPSA) is 49.3 Å². The van der Waals surface area contributed by atoms with Crippen LogP contribution in [0.15, 0.2) is 16.6 Å². The van der Waals surface area contributed by atoms with E-state index in [0.717, 1.165) is 25.0 Å². The molecule has 2 rings (SSSR count). The molecule has 1 atom stereocenters. The number of hydrogen-bond donors (Lipinski definition) is 2. The molecule has 0 spiro atoms. The second-order valence-electron chi connectivity index (χ2n) is 4.67. The van der Waals surface area contributed by atoms with Crippen molar-refractivity contribution in [1.29, 1.82) is 0 Å². The normalized spacial score (nSPS) is 16.2. The molecule has 1 fully saturated rings. The van der Waals surface area contributed by atoms with Crippen LogP contribution >= 0.6 is 15.9 Å². The van der Waals surface area contributed by atoms with Crippen molar-refractivity contribution in [3.8, 4) is 0 Å². The van der Waals surface area contributed by atoms with Crippen molar-refractivity contribution in [1.82, 2.24) is 5.32 Å². The fourth-order valence-corrected chi connectivity index (χ4v) is 2.47. The van der Waals surface area contributed by atoms with Gasteiger partial charge in [0, 0.05) is 17.1 Å². The van der Waals surface area contributed by atoms with Crippen LogP contribution in [-0.4, -0.2) is 23.7 Å². The molecule has 1 unspecified atom stereocenters. The standard InChI is InChI=1S/C13H14BrF2NO2/c14-8-5-9(15)12(10(16)6-8)13(19)17-11(3-4-18)7-1-2-7/h5-7,11,18H,1-4H2,(H,17,19). The highest BCUT2D eigenvalue weighted by molar-refractivity contribution is 9.10. The highest BCUT2D eigenvalue weighted by Crippen LogP contribution is 2.34. The maximum atomic E-state index is 13.6. The van der Waals surface area contributed by atoms with Crippen molar-refractivity contribution in [2.75, 3.05) is 6.61 Å². The third-order valence-corrected chi connectivity index (χ3v) is 3.64. The van der Waals surface area contributed by atoms with Gasteiger partial charge in [0.15, 0.2) is 0 Å². The van der Waals surface area contributed by atoms with Gasteiger partial charge in [-0.2, -0.15) is 0 Å². The number of hydrogen-bond acceptors (Lipinski definition) is 2. The van der Waals surface area contributed by atoms with Crippen molar-refractivity contribution >= 4 is 21.8 Å². The number of carbonyl (C=O) groups excluding carboxylic acids is 1. The van der Waals surface area contributed by atoms with Gasteiger partial charge in [-0.1, -0.05) is 15.9 Å². The molecule has 1 aliphatic carbocycles. The highest BCUT2D eigenvalue weighted by Gasteiger charge is 2.33. The number of carbonyl (C=O) groups is 1. The predicted molar refractivity (Wildman–Crippen MR) is 69.7 cm³/mol. The minimum Gasteiger partial charge on any atom is -0.396 e. The minimum absolute atomic E-state index is 0.0627. The zero-order valence-electron chi connectivity index (χ0n) is 10.1. The summed E-state index contributed by atoms with van der Waals surface area (Å²) in [6.07, 6.45) is 2.34. The lowest BCUT2D eigenvalue weighted by molar-refractivity contribution is 0.0915. The van der Waals surface area contributed by atoms with Gasteiger partial charge in [-0.05, 0) is 37.3 Å². The Morgan fingerprint density at radius 1 is 1.42 bits per heavy atom. The molecule has 0 radical (unpaired) electrons. The summed E-state index contributed by atoms with van der Waals surface area (Å²) in [5, 5.41) is 11.5. The molecule has 0 aromatic heterocycles. The quantitative estimate of drug-likeness (QED) is 0.870. The Labute approximate surface area is 118 Å². The second-order valence-corrected chi connectivity index (χ2v) is 5.59. The maximum Gasteiger partial charge on any atom is 0.257 e. The van der Waals surface area contributed by atoms with Crippen molar-refractivity contribution in [2.24, 2.45) is 5.92 Å². The SMILES string of the molecule is O=C(NC(CCO)C1CC1)c1c(F)cc(Br)cc1F. The van der Waals surface area contributed by atoms with Gasteiger partial charge in [0.25, 0.3) is 5.91 Å². The number of amides is 1. The molecule has 0 heterocycles. The van der Waals surface area contributed by atoms with E-state index < -0.39 is 23.1 Å². The Morgan fingerprint density at radius 2 is 2.00 bits per heavy atom. The Hall–Kier alpha value is -1.01. The summed E-state index contributed by atoms with van der Waals surface area (Å²) in [5.41, 5.74) is -0.577. The van der Waals surface area contributed by atoms with Crippen molar-refractivity contribution in [2.45, 2.75) is 25.3 Å². The first-order valence-corrected chi connectivity index (χ1v) is 6.88. The molecule has 0 saturated heterocycles. The number of halogens is 3. The third-order valence-electron chi connectivity index (χ3n) is 3.18. The van der Waals surface area contributed by atoms with Crippen molar-refractivity contribution in [3.63, 3.8) is 0 Å². The van der Waals surface area contributed by atoms with Gasteiger partial charge >= 0.3 is 0 Å². The Balaban J connectivity index is 2.15. The van der Waals surface area contributed by atoms with Crippen LogP contribution in [0.2, 0.25) is 0 Å². The number of aliphatic hydroxyl groups excluding tert-OH is 1. The zero-order valence-corrected chi connectivity index (χ0v) is 11.7. The van der Waals surface area contributed by atoms with Gasteiger partial charge in [-0.3, -0.25) is 4.79 Å². The monoisotopic (exact) mass is 333 g/mol. The number of rotatable bonds is 5. The van der Waals surface area contributed by atoms with E-state index in [2.05, 4.69) is 21.2 Å². The number of benzene rings is 1. The summed E-state index contributed by atoms with van der Waals surface area (Å²) in [6, 6.07) is 1.88. The third kappa shape index (κ3) is 3.51. The van der Waals surface area contributed by atoms with E-state index in [1.807, 2.05) is 0 Å². The first-order valence-electron chi connectivity index (χ1n) is 6.09. The minimum atomic E-state index is -0.900. The van der Waals surface area contributed by atoms with E-state index in [1.54, 1.807) is 0 Å². The van der Waals surface area contributed by atoms with Crippen LogP contribution in [0.25, 0.3) is 0 Å². The van der Waals surface area contributed by atoms with E-state index in [9.17, 15) is 13.6 Å². The summed E-state index contributed by atoms with van der Waals surface area (Å²) in [6.45, 7) is -0.0627. The Bertz CT molecular complexity index is 469. The highest BCUT2D eigenvalue weighted by atomic mass is 79.9. The van der Waals surface area contributed by atoms with Crippen LogP contribution in [0.1, 0.15) is 29.6 Å². The zero-order chi connectivity index (χ0) is 14.0. The van der Waals surface area contributed by atoms with Crippen LogP contribution in [0, 0.1) is 17.6 Å². The summed E-state index contributed by atoms with van der Waals surface area (Å²) >= 11 is 2.96. The van der Waals surface area contributed by atoms with Crippen LogP contribution in [0.5, 0.6) is 0 Å². The average Bonchev–Trinajstić information content (AvgIpc) is 3.10. The van der Waals surface area contributed by atoms with Gasteiger partial charge in [-0.15, -0.1) is 0 Å². The number of nitrogens with one attached hydrogen (secondary N) is 1. The molecular formula is C13H14BrF2NO2. The van der Waals surface area contributed by atoms with Crippen molar-refractivity contribution in [3.05, 3.63) is 33.8 Å². The van der Waals surface area contributed by atoms with Gasteiger partial charge in [-0.25, -0.2) is 8.78 Å². The van der Waals surface area contributed by atoms with E-state index in [-0.39, 0.29) is 17.1 Å². The lowest BCUT2D eigenvalue weighted by Crippen LogP contribution is -2.38. The van der Waals surface area contributed by atoms with Crippen LogP contribution < -0.4 is 5.32 Å². The van der Waals surface area contributed by atoms with Crippen LogP contribution in [0.3, 0.4) is 0 Å². The first-order chi connectivity index (χ1) is 9.02. The molecule has 1 aliphatic rings. The fourth-order valence-electron chi connectivity index (χ4n) is 2.06. The van der Waals surface area contributed by atoms with E-state index >= 15 is 0 Å². The van der Waals surface area contributed by atoms with E-state index in [4.69, 9.17) is 5.11 Å². The lowest BCUT2D eigenvalue weighted by atomic mass is 10.1. The van der Waals surface area contributed by atoms with Gasteiger partial charge in [0.1, 0.15) is 17.2 Å². The second kappa shape index (κ2) is 5.96. The maximum absolute atomic E-state index is 13.6. The molecule has 1 aromatic rings. The Kier molecular flexibility index (Phi) is 4.52. The van der Waals surface area contributed by atoms with Gasteiger partial charge in [0.05, 0.1) is 0 Å². The molecule has 104 valence electrons. The van der Waals surface area contributed by atoms with Gasteiger partial charge in [0.2, 0.25) is 0 Å². The Morgan fingerprint density at radius 3 is 2.47 bits per heavy atom. The molecule has 6 heteroatoms. The molecule has 1 aromatic carbocycles. The summed E-state index contributed by atoms with van der Waals surface area (Å²) < 4.78 is 27.5. The first kappa shape index (κ1) is 14.4. The summed E-state index contributed by atoms with van der Waals surface area (Å²) in [7, 11) is 0. The van der Waals surface area contributed by atoms with E-state index in [1.165, 1.54) is 0 Å². The van der Waals surface area contributed by atoms with Crippen LogP contribution in [0.4, 0.5) is 8.78 Å². The predicted octanol–water partition coefficient (Wildman–Crippen LogP) is 2.62. The average molecular weight is 334 g/mol. The number of aliphatic hydroxyl groups is 1. The largest absolute Gasteiger partial charge is 0.396 e. The molecular weight excluding hydrogens is 320 g/mol. The molecule has 0 aliphatic heterocycles. The fraction of sp³-hybridized carbons (Fsp3) is 0.462. The molecule has 19 heavy (non-hydrogen) atoms. The van der Waals surface area contributed by atoms with Crippen LogP contribution in [-0.2, 0) is 0 Å². The smallest absolute Gasteiger partial charge is 0.257 e. The van der Waals surface area contributed by atoms with Crippen molar-refractivity contribution < 1.29 is 18.7 Å². The summed E-state index contributed by atoms with van der Waals surface area (Å²) in [4.78, 5) is 11.9. The molecule has 1 amide bonds. The molecule has 1 saturated carbocycles. The summed E-state index contributed by atoms with van der Waals surface area (Å²) in [5.74, 6) is -2.27. The van der Waals surface area contributed by atoms with Gasteiger partial charge < -0.3 is 10.4 Å². The molecule has 2 N–H and O–H groups in total. The molecule has 0 bridgehead atoms. The molecule has 3 nitrogen and oxygen atoms in total. The lowest BCUT2D eigenvalue weighted by Gasteiger charge is -2.17. The van der Waals surface area contributed by atoms with E-state index in [0.29, 0.717) is 12.3 Å².